The topological polar surface area (TPSA) is 22.1 Å². The average molecular weight is 309 g/mol. The van der Waals surface area contributed by atoms with Gasteiger partial charge in [0.1, 0.15) is 5.75 Å². The van der Waals surface area contributed by atoms with Gasteiger partial charge in [0.15, 0.2) is 0 Å². The molecule has 0 aliphatic rings. The Kier molecular flexibility index (Phi) is 2.37. The Labute approximate surface area is 91.9 Å². The summed E-state index contributed by atoms with van der Waals surface area (Å²) in [6.45, 7) is 0. The Bertz CT molecular complexity index is 457. The number of hydrogen-bond acceptors (Lipinski definition) is 3. The standard InChI is InChI=1S/C8H5FINOS/c1-12-6-3-5-7(2-4(6)10)13-8(9)11-5/h2-3H,1H3. The summed E-state index contributed by atoms with van der Waals surface area (Å²) in [5.41, 5.74) is 0.653. The molecule has 0 saturated heterocycles. The minimum atomic E-state index is -0.404. The number of aromatic nitrogens is 1. The van der Waals surface area contributed by atoms with Crippen LogP contribution in [-0.4, -0.2) is 12.1 Å². The van der Waals surface area contributed by atoms with Gasteiger partial charge in [-0.25, -0.2) is 4.98 Å². The molecule has 2 rings (SSSR count). The highest BCUT2D eigenvalue weighted by atomic mass is 127. The van der Waals surface area contributed by atoms with Crippen molar-refractivity contribution in [1.82, 2.24) is 4.98 Å². The van der Waals surface area contributed by atoms with Gasteiger partial charge >= 0.3 is 0 Å². The number of methoxy groups -OCH3 is 1. The van der Waals surface area contributed by atoms with Crippen molar-refractivity contribution in [1.29, 1.82) is 0 Å². The Morgan fingerprint density at radius 2 is 2.31 bits per heavy atom. The molecule has 13 heavy (non-hydrogen) atoms. The van der Waals surface area contributed by atoms with Crippen LogP contribution in [0.25, 0.3) is 10.2 Å². The lowest BCUT2D eigenvalue weighted by molar-refractivity contribution is 0.412. The van der Waals surface area contributed by atoms with Crippen LogP contribution in [0.1, 0.15) is 0 Å². The van der Waals surface area contributed by atoms with Crippen LogP contribution in [0, 0.1) is 8.83 Å². The third-order valence-corrected chi connectivity index (χ3v) is 3.29. The summed E-state index contributed by atoms with van der Waals surface area (Å²) in [6, 6.07) is 3.62. The van der Waals surface area contributed by atoms with Crippen molar-refractivity contribution < 1.29 is 9.13 Å². The number of halogens is 2. The molecule has 0 bridgehead atoms. The highest BCUT2D eigenvalue weighted by Gasteiger charge is 2.07. The van der Waals surface area contributed by atoms with Gasteiger partial charge in [-0.1, -0.05) is 11.3 Å². The highest BCUT2D eigenvalue weighted by Crippen LogP contribution is 2.29. The van der Waals surface area contributed by atoms with E-state index in [-0.39, 0.29) is 0 Å². The van der Waals surface area contributed by atoms with Crippen molar-refractivity contribution in [2.75, 3.05) is 7.11 Å². The zero-order valence-electron chi connectivity index (χ0n) is 6.67. The van der Waals surface area contributed by atoms with E-state index in [2.05, 4.69) is 27.6 Å². The monoisotopic (exact) mass is 309 g/mol. The summed E-state index contributed by atoms with van der Waals surface area (Å²) in [5, 5.41) is -0.404. The first-order valence-electron chi connectivity index (χ1n) is 3.50. The van der Waals surface area contributed by atoms with Crippen molar-refractivity contribution in [2.24, 2.45) is 0 Å². The third-order valence-electron chi connectivity index (χ3n) is 1.64. The van der Waals surface area contributed by atoms with Crippen LogP contribution >= 0.6 is 33.9 Å². The summed E-state index contributed by atoms with van der Waals surface area (Å²) >= 11 is 3.20. The third kappa shape index (κ3) is 1.62. The van der Waals surface area contributed by atoms with E-state index in [1.54, 1.807) is 13.2 Å². The summed E-state index contributed by atoms with van der Waals surface area (Å²) in [6.07, 6.45) is 0. The fourth-order valence-corrected chi connectivity index (χ4v) is 2.67. The summed E-state index contributed by atoms with van der Waals surface area (Å²) < 4.78 is 19.7. The first kappa shape index (κ1) is 9.14. The number of benzene rings is 1. The molecule has 0 saturated carbocycles. The van der Waals surface area contributed by atoms with Crippen molar-refractivity contribution in [3.8, 4) is 5.75 Å². The van der Waals surface area contributed by atoms with Gasteiger partial charge in [0.2, 0.25) is 0 Å². The van der Waals surface area contributed by atoms with Crippen molar-refractivity contribution >= 4 is 44.1 Å². The van der Waals surface area contributed by atoms with Crippen molar-refractivity contribution in [2.45, 2.75) is 0 Å². The lowest BCUT2D eigenvalue weighted by Gasteiger charge is -2.01. The molecule has 68 valence electrons. The van der Waals surface area contributed by atoms with Crippen molar-refractivity contribution in [3.05, 3.63) is 21.0 Å². The summed E-state index contributed by atoms with van der Waals surface area (Å²) in [4.78, 5) is 3.73. The van der Waals surface area contributed by atoms with E-state index in [9.17, 15) is 4.39 Å². The van der Waals surface area contributed by atoms with Crippen LogP contribution < -0.4 is 4.74 Å². The van der Waals surface area contributed by atoms with E-state index in [4.69, 9.17) is 4.74 Å². The zero-order chi connectivity index (χ0) is 9.42. The Morgan fingerprint density at radius 3 is 3.00 bits per heavy atom. The normalized spacial score (nSPS) is 10.7. The number of hydrogen-bond donors (Lipinski definition) is 0. The lowest BCUT2D eigenvalue weighted by atomic mass is 10.3. The second-order valence-electron chi connectivity index (χ2n) is 2.42. The maximum atomic E-state index is 12.8. The van der Waals surface area contributed by atoms with E-state index in [0.29, 0.717) is 5.52 Å². The minimum Gasteiger partial charge on any atom is -0.496 e. The predicted molar refractivity (Wildman–Crippen MR) is 58.8 cm³/mol. The molecule has 0 aliphatic heterocycles. The van der Waals surface area contributed by atoms with Gasteiger partial charge in [-0.2, -0.15) is 4.39 Å². The number of ether oxygens (including phenoxy) is 1. The summed E-state index contributed by atoms with van der Waals surface area (Å²) in [5.74, 6) is 0.735. The van der Waals surface area contributed by atoms with Gasteiger partial charge in [0.05, 0.1) is 20.9 Å². The van der Waals surface area contributed by atoms with Crippen LogP contribution in [0.2, 0.25) is 0 Å². The molecule has 0 amide bonds. The average Bonchev–Trinajstić information content (AvgIpc) is 2.42. The van der Waals surface area contributed by atoms with Gasteiger partial charge < -0.3 is 4.74 Å². The zero-order valence-corrected chi connectivity index (χ0v) is 9.65. The SMILES string of the molecule is COc1cc2nc(F)sc2cc1I. The molecule has 0 aliphatic carbocycles. The van der Waals surface area contributed by atoms with Crippen LogP contribution in [0.4, 0.5) is 4.39 Å². The molecular formula is C8H5FINOS. The number of fused-ring (bicyclic) bond motifs is 1. The molecule has 0 radical (unpaired) electrons. The molecule has 0 fully saturated rings. The van der Waals surface area contributed by atoms with Gasteiger partial charge in [-0.15, -0.1) is 0 Å². The molecule has 1 aromatic carbocycles. The minimum absolute atomic E-state index is 0.404. The molecule has 0 spiro atoms. The highest BCUT2D eigenvalue weighted by molar-refractivity contribution is 14.1. The maximum absolute atomic E-state index is 12.8. The maximum Gasteiger partial charge on any atom is 0.270 e. The van der Waals surface area contributed by atoms with Crippen LogP contribution in [0.3, 0.4) is 0 Å². The molecule has 0 atom stereocenters. The van der Waals surface area contributed by atoms with Crippen LogP contribution in [0.5, 0.6) is 5.75 Å². The van der Waals surface area contributed by atoms with Gasteiger partial charge in [-0.05, 0) is 28.7 Å². The number of nitrogens with zero attached hydrogens (tertiary/aromatic N) is 1. The fraction of sp³-hybridized carbons (Fsp3) is 0.125. The van der Waals surface area contributed by atoms with E-state index < -0.39 is 5.26 Å². The second kappa shape index (κ2) is 3.38. The van der Waals surface area contributed by atoms with Gasteiger partial charge in [0.25, 0.3) is 5.26 Å². The van der Waals surface area contributed by atoms with E-state index in [0.717, 1.165) is 25.4 Å². The van der Waals surface area contributed by atoms with E-state index >= 15 is 0 Å². The van der Waals surface area contributed by atoms with Crippen LogP contribution in [0.15, 0.2) is 12.1 Å². The Morgan fingerprint density at radius 1 is 1.54 bits per heavy atom. The van der Waals surface area contributed by atoms with Crippen LogP contribution in [-0.2, 0) is 0 Å². The lowest BCUT2D eigenvalue weighted by Crippen LogP contribution is -1.85. The first-order valence-corrected chi connectivity index (χ1v) is 5.40. The number of rotatable bonds is 1. The largest absolute Gasteiger partial charge is 0.496 e. The molecular weight excluding hydrogens is 304 g/mol. The molecule has 1 heterocycles. The van der Waals surface area contributed by atoms with E-state index in [1.807, 2.05) is 6.07 Å². The molecule has 2 nitrogen and oxygen atoms in total. The molecule has 5 heteroatoms. The smallest absolute Gasteiger partial charge is 0.270 e. The van der Waals surface area contributed by atoms with Gasteiger partial charge in [-0.3, -0.25) is 0 Å². The molecule has 2 aromatic rings. The quantitative estimate of drug-likeness (QED) is 0.755. The molecule has 0 unspecified atom stereocenters. The predicted octanol–water partition coefficient (Wildman–Crippen LogP) is 3.05. The number of thiazole rings is 1. The Balaban J connectivity index is 2.72. The van der Waals surface area contributed by atoms with Gasteiger partial charge in [0, 0.05) is 6.07 Å². The molecule has 0 N–H and O–H groups in total. The fourth-order valence-electron chi connectivity index (χ4n) is 1.06. The molecule has 1 aromatic heterocycles. The van der Waals surface area contributed by atoms with Crippen molar-refractivity contribution in [3.63, 3.8) is 0 Å². The Hall–Kier alpha value is -0.430. The second-order valence-corrected chi connectivity index (χ2v) is 4.56. The first-order chi connectivity index (χ1) is 6.20. The van der Waals surface area contributed by atoms with E-state index in [1.165, 1.54) is 0 Å². The summed E-state index contributed by atoms with van der Waals surface area (Å²) in [7, 11) is 1.59.